The quantitative estimate of drug-likeness (QED) is 0.406. The molecule has 0 aromatic rings. The van der Waals surface area contributed by atoms with E-state index in [1.165, 1.54) is 6.08 Å². The molecule has 0 aromatic carbocycles. The normalized spacial score (nSPS) is 6.60. The number of rotatable bonds is 1. The van der Waals surface area contributed by atoms with Gasteiger partial charge in [-0.15, -0.1) is 0 Å². The van der Waals surface area contributed by atoms with Gasteiger partial charge in [0.2, 0.25) is 0 Å². The van der Waals surface area contributed by atoms with E-state index < -0.39 is 0 Å². The predicted octanol–water partition coefficient (Wildman–Crippen LogP) is 1.44. The van der Waals surface area contributed by atoms with Crippen LogP contribution in [0.25, 0.3) is 0 Å². The molecule has 0 spiro atoms. The average molecular weight is 66.1 g/mol. The van der Waals surface area contributed by atoms with Crippen LogP contribution in [0.15, 0.2) is 24.8 Å². The summed E-state index contributed by atoms with van der Waals surface area (Å²) in [4.78, 5) is 0. The molecule has 0 amide bonds. The van der Waals surface area contributed by atoms with Crippen LogP contribution < -0.4 is 0 Å². The van der Waals surface area contributed by atoms with E-state index in [0.29, 0.717) is 5.57 Å². The van der Waals surface area contributed by atoms with Gasteiger partial charge in [-0.05, 0) is 6.92 Å². The minimum absolute atomic E-state index is 0.519. The molecule has 0 aliphatic carbocycles. The van der Waals surface area contributed by atoms with Crippen molar-refractivity contribution in [2.24, 2.45) is 0 Å². The van der Waals surface area contributed by atoms with Crippen LogP contribution >= 0.6 is 0 Å². The molecule has 5 heavy (non-hydrogen) atoms. The highest BCUT2D eigenvalue weighted by Gasteiger charge is 1.60. The van der Waals surface area contributed by atoms with Gasteiger partial charge in [0, 0.05) is 0 Å². The van der Waals surface area contributed by atoms with E-state index in [2.05, 4.69) is 13.2 Å². The Hall–Kier alpha value is -0.520. The molecule has 0 aliphatic rings. The first-order valence-electron chi connectivity index (χ1n) is 1.34. The smallest absolute Gasteiger partial charge is 0.00186 e. The Morgan fingerprint density at radius 2 is 2.00 bits per heavy atom. The van der Waals surface area contributed by atoms with E-state index in [9.17, 15) is 0 Å². The maximum Gasteiger partial charge on any atom is -0.00186 e. The lowest BCUT2D eigenvalue weighted by atomic mass is 10.4. The molecule has 0 aliphatic heterocycles. The monoisotopic (exact) mass is 66.0 g/mol. The summed E-state index contributed by atoms with van der Waals surface area (Å²) in [6.45, 7) is 11.6. The fourth-order valence-electron chi connectivity index (χ4n) is 0. The van der Waals surface area contributed by atoms with Crippen LogP contribution in [0.3, 0.4) is 0 Å². The zero-order valence-electron chi connectivity index (χ0n) is 3.07. The minimum Gasteiger partial charge on any atom is -0.0988 e. The SMILES string of the molecule is [CH]C(=C)C=C. The molecule has 0 bridgehead atoms. The third-order valence-corrected chi connectivity index (χ3v) is 0.262. The van der Waals surface area contributed by atoms with Gasteiger partial charge in [0.1, 0.15) is 0 Å². The maximum atomic E-state index is 4.98. The summed E-state index contributed by atoms with van der Waals surface area (Å²) in [6, 6.07) is 0. The van der Waals surface area contributed by atoms with Crippen LogP contribution in [0.5, 0.6) is 0 Å². The van der Waals surface area contributed by atoms with Gasteiger partial charge in [-0.2, -0.15) is 0 Å². The summed E-state index contributed by atoms with van der Waals surface area (Å²) in [6.07, 6.45) is 1.50. The molecule has 0 atom stereocenters. The summed E-state index contributed by atoms with van der Waals surface area (Å²) in [5.41, 5.74) is 0.519. The van der Waals surface area contributed by atoms with Gasteiger partial charge in [0.15, 0.2) is 0 Å². The molecule has 26 valence electrons. The van der Waals surface area contributed by atoms with Crippen LogP contribution in [-0.4, -0.2) is 0 Å². The summed E-state index contributed by atoms with van der Waals surface area (Å²) in [5.74, 6) is 0. The summed E-state index contributed by atoms with van der Waals surface area (Å²) < 4.78 is 0. The molecule has 0 fully saturated rings. The molecule has 0 unspecified atom stereocenters. The van der Waals surface area contributed by atoms with Gasteiger partial charge < -0.3 is 0 Å². The largest absolute Gasteiger partial charge is 0.0988 e. The van der Waals surface area contributed by atoms with Gasteiger partial charge in [-0.1, -0.05) is 24.8 Å². The second-order valence-corrected chi connectivity index (χ2v) is 0.779. The Morgan fingerprint density at radius 3 is 2.00 bits per heavy atom. The molecule has 0 saturated carbocycles. The Labute approximate surface area is 32.8 Å². The zero-order chi connectivity index (χ0) is 4.28. The van der Waals surface area contributed by atoms with Crippen molar-refractivity contribution in [1.82, 2.24) is 0 Å². The molecule has 0 saturated heterocycles. The first-order valence-corrected chi connectivity index (χ1v) is 1.34. The van der Waals surface area contributed by atoms with Crippen LogP contribution in [-0.2, 0) is 0 Å². The van der Waals surface area contributed by atoms with Gasteiger partial charge >= 0.3 is 0 Å². The molecule has 2 radical (unpaired) electrons. The Bertz CT molecular complexity index is 51.1. The first kappa shape index (κ1) is 4.48. The molecule has 0 aromatic heterocycles. The van der Waals surface area contributed by atoms with Crippen molar-refractivity contribution in [2.45, 2.75) is 0 Å². The molecule has 0 N–H and O–H groups in total. The minimum atomic E-state index is 0.519. The van der Waals surface area contributed by atoms with Crippen molar-refractivity contribution in [2.75, 3.05) is 0 Å². The second-order valence-electron chi connectivity index (χ2n) is 0.779. The Kier molecular flexibility index (Phi) is 1.58. The average Bonchev–Trinajstić information content (AvgIpc) is 1.38. The maximum absolute atomic E-state index is 4.98. The number of hydrogen-bond acceptors (Lipinski definition) is 0. The molecule has 0 heterocycles. The van der Waals surface area contributed by atoms with Crippen molar-refractivity contribution in [3.8, 4) is 0 Å². The fourth-order valence-corrected chi connectivity index (χ4v) is 0. The lowest BCUT2D eigenvalue weighted by molar-refractivity contribution is 1.81. The van der Waals surface area contributed by atoms with Crippen LogP contribution in [0.2, 0.25) is 0 Å². The number of hydrogen-bond donors (Lipinski definition) is 0. The van der Waals surface area contributed by atoms with Crippen molar-refractivity contribution < 1.29 is 0 Å². The van der Waals surface area contributed by atoms with E-state index in [-0.39, 0.29) is 0 Å². The topological polar surface area (TPSA) is 0 Å². The Balaban J connectivity index is 3.20. The lowest BCUT2D eigenvalue weighted by Crippen LogP contribution is -1.51. The van der Waals surface area contributed by atoms with E-state index in [0.717, 1.165) is 0 Å². The van der Waals surface area contributed by atoms with Crippen LogP contribution in [0.4, 0.5) is 0 Å². The van der Waals surface area contributed by atoms with Crippen molar-refractivity contribution in [3.63, 3.8) is 0 Å². The van der Waals surface area contributed by atoms with Gasteiger partial charge in [0.05, 0.1) is 0 Å². The van der Waals surface area contributed by atoms with E-state index in [1.54, 1.807) is 0 Å². The van der Waals surface area contributed by atoms with Gasteiger partial charge in [0.25, 0.3) is 0 Å². The third kappa shape index (κ3) is 3.48. The van der Waals surface area contributed by atoms with Crippen molar-refractivity contribution in [1.29, 1.82) is 0 Å². The Morgan fingerprint density at radius 1 is 1.80 bits per heavy atom. The zero-order valence-corrected chi connectivity index (χ0v) is 3.07. The predicted molar refractivity (Wildman–Crippen MR) is 23.6 cm³/mol. The van der Waals surface area contributed by atoms with Crippen molar-refractivity contribution >= 4 is 0 Å². The summed E-state index contributed by atoms with van der Waals surface area (Å²) >= 11 is 0. The molecular weight excluding hydrogens is 60.1 g/mol. The highest BCUT2D eigenvalue weighted by Crippen LogP contribution is 1.80. The second kappa shape index (κ2) is 1.77. The van der Waals surface area contributed by atoms with Crippen molar-refractivity contribution in [3.05, 3.63) is 31.7 Å². The molecular formula is C5H6. The molecule has 0 rings (SSSR count). The molecule has 0 heteroatoms. The lowest BCUT2D eigenvalue weighted by Gasteiger charge is -1.70. The van der Waals surface area contributed by atoms with E-state index in [4.69, 9.17) is 6.92 Å². The number of allylic oxidation sites excluding steroid dienone is 2. The van der Waals surface area contributed by atoms with E-state index >= 15 is 0 Å². The van der Waals surface area contributed by atoms with Crippen LogP contribution in [0, 0.1) is 6.92 Å². The molecule has 0 nitrogen and oxygen atoms in total. The third-order valence-electron chi connectivity index (χ3n) is 0.262. The summed E-state index contributed by atoms with van der Waals surface area (Å²) in [7, 11) is 0. The fraction of sp³-hybridized carbons (Fsp3) is 0. The van der Waals surface area contributed by atoms with Crippen LogP contribution in [0.1, 0.15) is 0 Å². The highest BCUT2D eigenvalue weighted by atomic mass is 13.7. The standard InChI is InChI=1S/C5H6/c1-4-5(2)3/h2,4H,1,3H2. The van der Waals surface area contributed by atoms with Gasteiger partial charge in [-0.3, -0.25) is 0 Å². The van der Waals surface area contributed by atoms with Gasteiger partial charge in [-0.25, -0.2) is 0 Å². The highest BCUT2D eigenvalue weighted by molar-refractivity contribution is 5.13. The first-order chi connectivity index (χ1) is 2.27. The summed E-state index contributed by atoms with van der Waals surface area (Å²) in [5, 5.41) is 0. The van der Waals surface area contributed by atoms with E-state index in [1.807, 2.05) is 0 Å².